The Balaban J connectivity index is 4.33. The molecule has 0 aromatic heterocycles. The van der Waals surface area contributed by atoms with Gasteiger partial charge in [0.2, 0.25) is 0 Å². The maximum atomic E-state index is 12.7. The Labute approximate surface area is 361 Å². The number of hydrogen-bond donors (Lipinski definition) is 0. The third kappa shape index (κ3) is 40.0. The van der Waals surface area contributed by atoms with E-state index in [0.717, 1.165) is 96.3 Å². The van der Waals surface area contributed by atoms with E-state index in [1.54, 1.807) is 21.1 Å². The number of likely N-dealkylation sites (N-methyl/N-ethyl adjacent to an activating group) is 1. The molecule has 338 valence electrons. The van der Waals surface area contributed by atoms with E-state index < -0.39 is 18.1 Å². The minimum absolute atomic E-state index is 0.0267. The molecule has 0 amide bonds. The zero-order valence-electron chi connectivity index (χ0n) is 38.4. The summed E-state index contributed by atoms with van der Waals surface area (Å²) >= 11 is 0. The van der Waals surface area contributed by atoms with Crippen LogP contribution >= 0.6 is 0 Å². The van der Waals surface area contributed by atoms with Crippen molar-refractivity contribution in [2.45, 2.75) is 193 Å². The molecular weight excluding hydrogens is 739 g/mol. The van der Waals surface area contributed by atoms with Gasteiger partial charge in [-0.1, -0.05) is 151 Å². The van der Waals surface area contributed by atoms with Gasteiger partial charge in [-0.15, -0.1) is 0 Å². The molecule has 0 aromatic carbocycles. The summed E-state index contributed by atoms with van der Waals surface area (Å²) in [7, 11) is 5.39. The van der Waals surface area contributed by atoms with Gasteiger partial charge in [0, 0.05) is 19.3 Å². The summed E-state index contributed by atoms with van der Waals surface area (Å²) in [4.78, 5) is 36.9. The van der Waals surface area contributed by atoms with Gasteiger partial charge in [0.15, 0.2) is 6.10 Å². The molecule has 0 heterocycles. The molecule has 0 saturated heterocycles. The van der Waals surface area contributed by atoms with Gasteiger partial charge >= 0.3 is 11.9 Å². The molecule has 0 saturated carbocycles. The predicted molar refractivity (Wildman–Crippen MR) is 245 cm³/mol. The third-order valence-electron chi connectivity index (χ3n) is 10.1. The second-order valence-electron chi connectivity index (χ2n) is 16.6. The zero-order chi connectivity index (χ0) is 43.5. The van der Waals surface area contributed by atoms with Crippen molar-refractivity contribution in [1.29, 1.82) is 0 Å². The summed E-state index contributed by atoms with van der Waals surface area (Å²) < 4.78 is 17.2. The second kappa shape index (κ2) is 41.5. The fourth-order valence-electron chi connectivity index (χ4n) is 6.44. The molecule has 0 N–H and O–H groups in total. The third-order valence-corrected chi connectivity index (χ3v) is 10.1. The second-order valence-corrected chi connectivity index (χ2v) is 16.6. The topological polar surface area (TPSA) is 102 Å². The summed E-state index contributed by atoms with van der Waals surface area (Å²) in [5, 5.41) is 11.6. The molecule has 0 aliphatic heterocycles. The number of allylic oxidation sites excluding steroid dienone is 12. The number of carbonyl (C=O) groups excluding carboxylic acids is 3. The van der Waals surface area contributed by atoms with Gasteiger partial charge in [0.1, 0.15) is 12.6 Å². The lowest BCUT2D eigenvalue weighted by atomic mass is 10.1. The highest BCUT2D eigenvalue weighted by atomic mass is 16.6. The minimum atomic E-state index is -1.13. The molecule has 0 aliphatic carbocycles. The highest BCUT2D eigenvalue weighted by molar-refractivity contribution is 5.70. The van der Waals surface area contributed by atoms with Gasteiger partial charge in [0.25, 0.3) is 0 Å². The van der Waals surface area contributed by atoms with Crippen molar-refractivity contribution in [3.63, 3.8) is 0 Å². The number of rotatable bonds is 41. The summed E-state index contributed by atoms with van der Waals surface area (Å²) in [5.74, 6) is -1.78. The summed E-state index contributed by atoms with van der Waals surface area (Å²) in [6.07, 6.45) is 52.1. The standard InChI is InChI=1S/C51H87NO7/c1-6-8-10-12-14-16-18-20-21-22-23-24-25-26-27-28-30-31-33-35-37-39-41-49(53)58-46-47(45-57-44-43-48(51(55)56)52(3,4)5)59-50(54)42-40-38-36-34-32-29-19-17-15-13-11-9-7-2/h8,10,14,16,20-21,23-24,26-27,29,32,47-48H,6-7,9,11-13,15,17-19,22,25,28,30-31,33-46H2,1-5H3/b10-8+,16-14+,21-20+,24-23+,27-26+,32-29+. The Morgan fingerprint density at radius 3 is 1.44 bits per heavy atom. The summed E-state index contributed by atoms with van der Waals surface area (Å²) in [6, 6.07) is -0.733. The fourth-order valence-corrected chi connectivity index (χ4v) is 6.44. The maximum absolute atomic E-state index is 12.7. The van der Waals surface area contributed by atoms with Gasteiger partial charge in [-0.3, -0.25) is 9.59 Å². The number of carboxylic acids is 1. The lowest BCUT2D eigenvalue weighted by molar-refractivity contribution is -0.889. The van der Waals surface area contributed by atoms with Gasteiger partial charge in [-0.25, -0.2) is 0 Å². The number of carboxylic acid groups (broad SMARTS) is 1. The number of esters is 2. The molecule has 0 rings (SSSR count). The van der Waals surface area contributed by atoms with Crippen molar-refractivity contribution in [3.8, 4) is 0 Å². The van der Waals surface area contributed by atoms with Crippen LogP contribution < -0.4 is 5.11 Å². The monoisotopic (exact) mass is 826 g/mol. The number of nitrogens with zero attached hydrogens (tertiary/aromatic N) is 1. The summed E-state index contributed by atoms with van der Waals surface area (Å²) in [6.45, 7) is 4.50. The molecule has 8 heteroatoms. The Bertz CT molecular complexity index is 1190. The van der Waals surface area contributed by atoms with Crippen molar-refractivity contribution < 1.29 is 38.2 Å². The Kier molecular flexibility index (Phi) is 39.2. The predicted octanol–water partition coefficient (Wildman–Crippen LogP) is 11.8. The first-order valence-electron chi connectivity index (χ1n) is 23.5. The zero-order valence-corrected chi connectivity index (χ0v) is 38.4. The molecule has 0 bridgehead atoms. The number of quaternary nitrogens is 1. The number of aliphatic carboxylic acids is 1. The number of unbranched alkanes of at least 4 members (excludes halogenated alkanes) is 15. The molecule has 0 spiro atoms. The first-order valence-corrected chi connectivity index (χ1v) is 23.5. The Hall–Kier alpha value is -3.23. The molecule has 2 atom stereocenters. The molecule has 0 radical (unpaired) electrons. The Morgan fingerprint density at radius 1 is 0.525 bits per heavy atom. The average Bonchev–Trinajstić information content (AvgIpc) is 3.19. The van der Waals surface area contributed by atoms with Crippen LogP contribution in [0.15, 0.2) is 72.9 Å². The van der Waals surface area contributed by atoms with Crippen LogP contribution in [0.4, 0.5) is 0 Å². The maximum Gasteiger partial charge on any atom is 0.306 e. The van der Waals surface area contributed by atoms with Crippen LogP contribution in [0.2, 0.25) is 0 Å². The summed E-state index contributed by atoms with van der Waals surface area (Å²) in [5.41, 5.74) is 0. The Morgan fingerprint density at radius 2 is 0.949 bits per heavy atom. The number of ether oxygens (including phenoxy) is 3. The van der Waals surface area contributed by atoms with E-state index in [1.165, 1.54) is 51.4 Å². The van der Waals surface area contributed by atoms with E-state index >= 15 is 0 Å². The smallest absolute Gasteiger partial charge is 0.306 e. The van der Waals surface area contributed by atoms with E-state index in [0.29, 0.717) is 12.8 Å². The number of carbonyl (C=O) groups is 3. The fraction of sp³-hybridized carbons (Fsp3) is 0.706. The largest absolute Gasteiger partial charge is 0.544 e. The van der Waals surface area contributed by atoms with E-state index in [-0.39, 0.29) is 42.7 Å². The van der Waals surface area contributed by atoms with Gasteiger partial charge in [-0.2, -0.15) is 0 Å². The number of hydrogen-bond acceptors (Lipinski definition) is 7. The van der Waals surface area contributed by atoms with Crippen LogP contribution in [-0.2, 0) is 28.6 Å². The molecule has 2 unspecified atom stereocenters. The van der Waals surface area contributed by atoms with Crippen LogP contribution in [0.3, 0.4) is 0 Å². The van der Waals surface area contributed by atoms with E-state index in [1.807, 2.05) is 0 Å². The van der Waals surface area contributed by atoms with E-state index in [2.05, 4.69) is 86.8 Å². The van der Waals surface area contributed by atoms with Gasteiger partial charge in [-0.05, 0) is 83.5 Å². The van der Waals surface area contributed by atoms with Crippen LogP contribution in [0.5, 0.6) is 0 Å². The van der Waals surface area contributed by atoms with Gasteiger partial charge in [0.05, 0.1) is 40.3 Å². The van der Waals surface area contributed by atoms with Crippen molar-refractivity contribution in [2.24, 2.45) is 0 Å². The van der Waals surface area contributed by atoms with E-state index in [9.17, 15) is 19.5 Å². The van der Waals surface area contributed by atoms with Crippen molar-refractivity contribution >= 4 is 17.9 Å². The van der Waals surface area contributed by atoms with Crippen molar-refractivity contribution in [1.82, 2.24) is 0 Å². The van der Waals surface area contributed by atoms with Crippen LogP contribution in [0, 0.1) is 0 Å². The molecule has 0 aliphatic rings. The molecule has 59 heavy (non-hydrogen) atoms. The van der Waals surface area contributed by atoms with Crippen molar-refractivity contribution in [3.05, 3.63) is 72.9 Å². The van der Waals surface area contributed by atoms with Crippen LogP contribution in [0.25, 0.3) is 0 Å². The van der Waals surface area contributed by atoms with Crippen LogP contribution in [0.1, 0.15) is 181 Å². The lowest BCUT2D eigenvalue weighted by Crippen LogP contribution is -2.55. The minimum Gasteiger partial charge on any atom is -0.544 e. The first-order chi connectivity index (χ1) is 28.6. The molecular formula is C51H87NO7. The quantitative estimate of drug-likeness (QED) is 0.0262. The van der Waals surface area contributed by atoms with E-state index in [4.69, 9.17) is 14.2 Å². The average molecular weight is 826 g/mol. The SMILES string of the molecule is CC/C=C/C/C=C/C/C=C/C/C=C/C/C=C/CCCCCCCCC(=O)OCC(COCCC(C(=O)[O-])[N+](C)(C)C)OC(=O)CCCCC/C=C/CCCCCCCC. The first kappa shape index (κ1) is 55.8. The van der Waals surface area contributed by atoms with Crippen molar-refractivity contribution in [2.75, 3.05) is 41.0 Å². The lowest BCUT2D eigenvalue weighted by Gasteiger charge is -2.34. The molecule has 0 fully saturated rings. The highest BCUT2D eigenvalue weighted by Crippen LogP contribution is 2.13. The molecule has 8 nitrogen and oxygen atoms in total. The highest BCUT2D eigenvalue weighted by Gasteiger charge is 2.25. The van der Waals surface area contributed by atoms with Crippen LogP contribution in [-0.4, -0.2) is 75.5 Å². The normalized spacial score (nSPS) is 13.6. The van der Waals surface area contributed by atoms with Gasteiger partial charge < -0.3 is 28.6 Å². The molecule has 0 aromatic rings.